The second kappa shape index (κ2) is 5.38. The van der Waals surface area contributed by atoms with Gasteiger partial charge in [0.15, 0.2) is 11.5 Å². The Labute approximate surface area is 107 Å². The van der Waals surface area contributed by atoms with Crippen LogP contribution in [0.25, 0.3) is 0 Å². The van der Waals surface area contributed by atoms with Gasteiger partial charge >= 0.3 is 12.1 Å². The molecule has 7 heteroatoms. The van der Waals surface area contributed by atoms with E-state index in [9.17, 15) is 18.0 Å². The summed E-state index contributed by atoms with van der Waals surface area (Å²) in [6.45, 7) is 1.16. The van der Waals surface area contributed by atoms with Crippen LogP contribution in [0.5, 0.6) is 11.5 Å². The molecule has 106 valence electrons. The zero-order valence-electron chi connectivity index (χ0n) is 10.5. The van der Waals surface area contributed by atoms with E-state index in [0.29, 0.717) is 0 Å². The molecule has 0 heterocycles. The second-order valence-electron chi connectivity index (χ2n) is 3.82. The molecule has 4 nitrogen and oxygen atoms in total. The van der Waals surface area contributed by atoms with Crippen molar-refractivity contribution < 1.29 is 32.5 Å². The van der Waals surface area contributed by atoms with Gasteiger partial charge in [-0.15, -0.1) is 0 Å². The maximum atomic E-state index is 12.9. The average Bonchev–Trinajstić information content (AvgIpc) is 2.34. The summed E-state index contributed by atoms with van der Waals surface area (Å²) in [7, 11) is 2.43. The first kappa shape index (κ1) is 15.1. The molecular weight excluding hydrogens is 265 g/mol. The van der Waals surface area contributed by atoms with Gasteiger partial charge in [0.05, 0.1) is 25.7 Å². The van der Waals surface area contributed by atoms with Gasteiger partial charge in [-0.25, -0.2) is 0 Å². The van der Waals surface area contributed by atoms with E-state index in [-0.39, 0.29) is 11.5 Å². The predicted molar refractivity (Wildman–Crippen MR) is 60.6 cm³/mol. The van der Waals surface area contributed by atoms with Gasteiger partial charge in [0.25, 0.3) is 0 Å². The van der Waals surface area contributed by atoms with Gasteiger partial charge < -0.3 is 14.6 Å². The highest BCUT2D eigenvalue weighted by Crippen LogP contribution is 2.44. The molecule has 0 saturated heterocycles. The van der Waals surface area contributed by atoms with Crippen LogP contribution in [0.4, 0.5) is 13.2 Å². The number of carboxylic acid groups (broad SMARTS) is 1. The van der Waals surface area contributed by atoms with Gasteiger partial charge in [-0.1, -0.05) is 0 Å². The highest BCUT2D eigenvalue weighted by Gasteiger charge is 2.38. The Bertz CT molecular complexity index is 483. The van der Waals surface area contributed by atoms with Crippen molar-refractivity contribution in [2.24, 2.45) is 0 Å². The number of rotatable bonds is 4. The van der Waals surface area contributed by atoms with Crippen molar-refractivity contribution in [1.29, 1.82) is 0 Å². The van der Waals surface area contributed by atoms with E-state index in [2.05, 4.69) is 0 Å². The van der Waals surface area contributed by atoms with Crippen molar-refractivity contribution >= 4 is 5.97 Å². The molecule has 0 amide bonds. The fourth-order valence-electron chi connectivity index (χ4n) is 1.75. The summed E-state index contributed by atoms with van der Waals surface area (Å²) >= 11 is 0. The largest absolute Gasteiger partial charge is 0.493 e. The first-order valence-corrected chi connectivity index (χ1v) is 5.28. The van der Waals surface area contributed by atoms with E-state index in [4.69, 9.17) is 14.6 Å². The number of aliphatic carboxylic acids is 1. The molecule has 19 heavy (non-hydrogen) atoms. The molecule has 0 aliphatic rings. The zero-order valence-corrected chi connectivity index (χ0v) is 10.5. The number of hydrogen-bond acceptors (Lipinski definition) is 3. The molecule has 1 aromatic carbocycles. The number of ether oxygens (including phenoxy) is 2. The summed E-state index contributed by atoms with van der Waals surface area (Å²) in [5, 5.41) is 8.95. The number of alkyl halides is 3. The molecule has 0 bridgehead atoms. The van der Waals surface area contributed by atoms with Crippen LogP contribution >= 0.6 is 0 Å². The molecule has 1 aromatic rings. The van der Waals surface area contributed by atoms with E-state index >= 15 is 0 Å². The van der Waals surface area contributed by atoms with E-state index in [0.717, 1.165) is 26.2 Å². The van der Waals surface area contributed by atoms with Crippen LogP contribution in [0.2, 0.25) is 0 Å². The Kier molecular flexibility index (Phi) is 4.28. The fourth-order valence-corrected chi connectivity index (χ4v) is 1.75. The first-order valence-electron chi connectivity index (χ1n) is 5.28. The number of hydrogen-bond donors (Lipinski definition) is 1. The lowest BCUT2D eigenvalue weighted by Gasteiger charge is -2.20. The molecular formula is C12H13F3O4. The fraction of sp³-hybridized carbons (Fsp3) is 0.417. The van der Waals surface area contributed by atoms with Gasteiger partial charge in [-0.2, -0.15) is 13.2 Å². The lowest BCUT2D eigenvalue weighted by Crippen LogP contribution is -2.17. The van der Waals surface area contributed by atoms with Crippen molar-refractivity contribution in [1.82, 2.24) is 0 Å². The summed E-state index contributed by atoms with van der Waals surface area (Å²) in [6.07, 6.45) is -4.67. The second-order valence-corrected chi connectivity index (χ2v) is 3.82. The summed E-state index contributed by atoms with van der Waals surface area (Å²) in [5.41, 5.74) is -1.48. The number of halogens is 3. The number of carboxylic acids is 1. The molecule has 1 atom stereocenters. The quantitative estimate of drug-likeness (QED) is 0.920. The lowest BCUT2D eigenvalue weighted by molar-refractivity contribution is -0.141. The third-order valence-corrected chi connectivity index (χ3v) is 2.69. The van der Waals surface area contributed by atoms with E-state index in [1.165, 1.54) is 7.11 Å². The molecule has 0 spiro atoms. The van der Waals surface area contributed by atoms with Crippen LogP contribution in [0, 0.1) is 0 Å². The Balaban J connectivity index is 3.63. The molecule has 0 fully saturated rings. The van der Waals surface area contributed by atoms with Crippen LogP contribution in [-0.4, -0.2) is 25.3 Å². The van der Waals surface area contributed by atoms with Crippen LogP contribution < -0.4 is 9.47 Å². The molecule has 0 saturated carbocycles. The highest BCUT2D eigenvalue weighted by atomic mass is 19.4. The normalized spacial score (nSPS) is 12.9. The van der Waals surface area contributed by atoms with Crippen molar-refractivity contribution in [3.63, 3.8) is 0 Å². The molecule has 1 rings (SSSR count). The Morgan fingerprint density at radius 2 is 1.84 bits per heavy atom. The summed E-state index contributed by atoms with van der Waals surface area (Å²) in [5.74, 6) is -2.91. The monoisotopic (exact) mass is 278 g/mol. The van der Waals surface area contributed by atoms with Crippen LogP contribution in [-0.2, 0) is 11.0 Å². The van der Waals surface area contributed by atoms with E-state index in [1.54, 1.807) is 0 Å². The smallest absolute Gasteiger partial charge is 0.416 e. The predicted octanol–water partition coefficient (Wildman–Crippen LogP) is 2.91. The van der Waals surface area contributed by atoms with Gasteiger partial charge in [-0.3, -0.25) is 4.79 Å². The molecule has 0 aliphatic heterocycles. The van der Waals surface area contributed by atoms with Gasteiger partial charge in [0.1, 0.15) is 0 Å². The molecule has 1 unspecified atom stereocenters. The molecule has 0 aromatic heterocycles. The maximum absolute atomic E-state index is 12.9. The molecule has 1 N–H and O–H groups in total. The molecule has 0 radical (unpaired) electrons. The van der Waals surface area contributed by atoms with Gasteiger partial charge in [-0.05, 0) is 19.1 Å². The summed E-state index contributed by atoms with van der Waals surface area (Å²) < 4.78 is 48.6. The average molecular weight is 278 g/mol. The Morgan fingerprint density at radius 1 is 1.26 bits per heavy atom. The first-order chi connectivity index (χ1) is 8.73. The number of methoxy groups -OCH3 is 2. The van der Waals surface area contributed by atoms with E-state index < -0.39 is 29.2 Å². The maximum Gasteiger partial charge on any atom is 0.416 e. The van der Waals surface area contributed by atoms with Crippen molar-refractivity contribution in [3.05, 3.63) is 23.3 Å². The zero-order chi connectivity index (χ0) is 14.8. The summed E-state index contributed by atoms with van der Waals surface area (Å²) in [6, 6.07) is 1.88. The van der Waals surface area contributed by atoms with Crippen LogP contribution in [0.3, 0.4) is 0 Å². The lowest BCUT2D eigenvalue weighted by atomic mass is 9.93. The summed E-state index contributed by atoms with van der Waals surface area (Å²) in [4.78, 5) is 11.0. The van der Waals surface area contributed by atoms with Gasteiger partial charge in [0.2, 0.25) is 0 Å². The third kappa shape index (κ3) is 2.91. The SMILES string of the molecule is COc1ccc(C(F)(F)F)c(C(C)C(=O)O)c1OC. The Morgan fingerprint density at radius 3 is 2.21 bits per heavy atom. The highest BCUT2D eigenvalue weighted by molar-refractivity contribution is 5.78. The minimum atomic E-state index is -4.67. The number of carbonyl (C=O) groups is 1. The number of benzene rings is 1. The standard InChI is InChI=1S/C12H13F3O4/c1-6(11(16)17)9-7(12(13,14)15)4-5-8(18-2)10(9)19-3/h4-6H,1-3H3,(H,16,17). The molecule has 0 aliphatic carbocycles. The van der Waals surface area contributed by atoms with Crippen molar-refractivity contribution in [2.45, 2.75) is 19.0 Å². The minimum absolute atomic E-state index is 0.0543. The van der Waals surface area contributed by atoms with Gasteiger partial charge in [0, 0.05) is 5.56 Å². The van der Waals surface area contributed by atoms with Crippen molar-refractivity contribution in [2.75, 3.05) is 14.2 Å². The van der Waals surface area contributed by atoms with Crippen molar-refractivity contribution in [3.8, 4) is 11.5 Å². The Hall–Kier alpha value is -1.92. The third-order valence-electron chi connectivity index (χ3n) is 2.69. The topological polar surface area (TPSA) is 55.8 Å². The van der Waals surface area contributed by atoms with Crippen LogP contribution in [0.15, 0.2) is 12.1 Å². The van der Waals surface area contributed by atoms with E-state index in [1.807, 2.05) is 0 Å². The minimum Gasteiger partial charge on any atom is -0.493 e. The van der Waals surface area contributed by atoms with Crippen LogP contribution in [0.1, 0.15) is 24.0 Å².